The predicted octanol–water partition coefficient (Wildman–Crippen LogP) is 2.42. The lowest BCUT2D eigenvalue weighted by molar-refractivity contribution is 0.115. The van der Waals surface area contributed by atoms with Gasteiger partial charge in [-0.15, -0.1) is 0 Å². The molecule has 0 radical (unpaired) electrons. The highest BCUT2D eigenvalue weighted by Crippen LogP contribution is 2.20. The number of benzene rings is 1. The highest BCUT2D eigenvalue weighted by molar-refractivity contribution is 5.68. The van der Waals surface area contributed by atoms with Gasteiger partial charge in [-0.2, -0.15) is 0 Å². The predicted molar refractivity (Wildman–Crippen MR) is 57.7 cm³/mol. The van der Waals surface area contributed by atoms with E-state index in [0.29, 0.717) is 6.61 Å². The molecular formula is C12H15NO2. The van der Waals surface area contributed by atoms with Crippen molar-refractivity contribution in [2.24, 2.45) is 0 Å². The Labute approximate surface area is 89.4 Å². The van der Waals surface area contributed by atoms with Crippen molar-refractivity contribution in [1.82, 2.24) is 5.32 Å². The zero-order chi connectivity index (χ0) is 10.7. The summed E-state index contributed by atoms with van der Waals surface area (Å²) in [5.41, 5.74) is 2.47. The van der Waals surface area contributed by atoms with E-state index in [1.54, 1.807) is 0 Å². The summed E-state index contributed by atoms with van der Waals surface area (Å²) in [5, 5.41) is 2.81. The number of hydrogen-bond acceptors (Lipinski definition) is 2. The molecule has 3 nitrogen and oxygen atoms in total. The third-order valence-electron chi connectivity index (χ3n) is 2.72. The maximum absolute atomic E-state index is 11.0. The molecule has 0 unspecified atom stereocenters. The number of hydrogen-bond donors (Lipinski definition) is 1. The molecule has 1 aliphatic heterocycles. The first-order valence-corrected chi connectivity index (χ1v) is 5.31. The van der Waals surface area contributed by atoms with E-state index < -0.39 is 0 Å². The van der Waals surface area contributed by atoms with Crippen LogP contribution in [0, 0.1) is 0 Å². The van der Waals surface area contributed by atoms with Crippen molar-refractivity contribution in [3.05, 3.63) is 35.4 Å². The second kappa shape index (κ2) is 4.34. The molecule has 2 rings (SSSR count). The average molecular weight is 205 g/mol. The van der Waals surface area contributed by atoms with E-state index in [2.05, 4.69) is 36.5 Å². The van der Waals surface area contributed by atoms with Crippen LogP contribution in [0.3, 0.4) is 0 Å². The molecule has 1 aromatic carbocycles. The highest BCUT2D eigenvalue weighted by atomic mass is 16.5. The maximum atomic E-state index is 11.0. The number of amides is 1. The van der Waals surface area contributed by atoms with Crippen LogP contribution in [0.4, 0.5) is 4.79 Å². The fourth-order valence-electron chi connectivity index (χ4n) is 1.76. The van der Waals surface area contributed by atoms with E-state index in [0.717, 1.165) is 18.4 Å². The summed E-state index contributed by atoms with van der Waals surface area (Å²) < 4.78 is 4.82. The molecule has 0 bridgehead atoms. The molecule has 80 valence electrons. The highest BCUT2D eigenvalue weighted by Gasteiger charge is 2.20. The summed E-state index contributed by atoms with van der Waals surface area (Å²) in [4.78, 5) is 11.0. The summed E-state index contributed by atoms with van der Waals surface area (Å²) in [7, 11) is 0. The first-order chi connectivity index (χ1) is 7.29. The fraction of sp³-hybridized carbons (Fsp3) is 0.417. The number of nitrogens with one attached hydrogen (secondary N) is 1. The van der Waals surface area contributed by atoms with Crippen molar-refractivity contribution >= 4 is 6.09 Å². The van der Waals surface area contributed by atoms with Gasteiger partial charge in [0.05, 0.1) is 12.6 Å². The van der Waals surface area contributed by atoms with Crippen molar-refractivity contribution < 1.29 is 9.53 Å². The SMILES string of the molecule is CCc1ccc([C@H]2CCOC(=O)N2)cc1. The van der Waals surface area contributed by atoms with E-state index in [4.69, 9.17) is 4.74 Å². The standard InChI is InChI=1S/C12H15NO2/c1-2-9-3-5-10(6-4-9)11-7-8-15-12(14)13-11/h3-6,11H,2,7-8H2,1H3,(H,13,14)/t11-/m1/s1. The van der Waals surface area contributed by atoms with Crippen LogP contribution in [0.5, 0.6) is 0 Å². The second-order valence-electron chi connectivity index (χ2n) is 3.72. The van der Waals surface area contributed by atoms with Crippen LogP contribution in [-0.2, 0) is 11.2 Å². The number of aryl methyl sites for hydroxylation is 1. The molecule has 1 heterocycles. The Morgan fingerprint density at radius 3 is 2.73 bits per heavy atom. The molecule has 0 saturated carbocycles. The van der Waals surface area contributed by atoms with E-state index in [1.165, 1.54) is 5.56 Å². The minimum absolute atomic E-state index is 0.108. The number of alkyl carbamates (subject to hydrolysis) is 1. The second-order valence-corrected chi connectivity index (χ2v) is 3.72. The Morgan fingerprint density at radius 2 is 2.13 bits per heavy atom. The molecule has 0 aromatic heterocycles. The molecular weight excluding hydrogens is 190 g/mol. The normalized spacial score (nSPS) is 20.6. The monoisotopic (exact) mass is 205 g/mol. The molecule has 0 spiro atoms. The maximum Gasteiger partial charge on any atom is 0.407 e. The Bertz CT molecular complexity index is 345. The summed E-state index contributed by atoms with van der Waals surface area (Å²) in [6, 6.07) is 8.48. The fourth-order valence-corrected chi connectivity index (χ4v) is 1.76. The Hall–Kier alpha value is -1.51. The molecule has 3 heteroatoms. The summed E-state index contributed by atoms with van der Waals surface area (Å²) in [5.74, 6) is 0. The summed E-state index contributed by atoms with van der Waals surface area (Å²) in [6.07, 6.45) is 1.57. The number of cyclic esters (lactones) is 1. The van der Waals surface area contributed by atoms with Crippen LogP contribution in [-0.4, -0.2) is 12.7 Å². The third kappa shape index (κ3) is 2.29. The number of ether oxygens (including phenoxy) is 1. The zero-order valence-corrected chi connectivity index (χ0v) is 8.82. The molecule has 1 aliphatic rings. The molecule has 1 amide bonds. The molecule has 1 atom stereocenters. The van der Waals surface area contributed by atoms with Gasteiger partial charge in [-0.3, -0.25) is 0 Å². The lowest BCUT2D eigenvalue weighted by Gasteiger charge is -2.23. The molecule has 1 saturated heterocycles. The first-order valence-electron chi connectivity index (χ1n) is 5.31. The average Bonchev–Trinajstić information content (AvgIpc) is 2.29. The summed E-state index contributed by atoms with van der Waals surface area (Å²) >= 11 is 0. The van der Waals surface area contributed by atoms with Crippen LogP contribution in [0.15, 0.2) is 24.3 Å². The number of carbonyl (C=O) groups is 1. The van der Waals surface area contributed by atoms with Gasteiger partial charge in [-0.05, 0) is 17.5 Å². The zero-order valence-electron chi connectivity index (χ0n) is 8.82. The minimum atomic E-state index is -0.314. The van der Waals surface area contributed by atoms with Crippen LogP contribution in [0.1, 0.15) is 30.5 Å². The van der Waals surface area contributed by atoms with E-state index in [-0.39, 0.29) is 12.1 Å². The van der Waals surface area contributed by atoms with Gasteiger partial charge in [-0.1, -0.05) is 31.2 Å². The first kappa shape index (κ1) is 10.0. The van der Waals surface area contributed by atoms with Crippen molar-refractivity contribution in [3.8, 4) is 0 Å². The summed E-state index contributed by atoms with van der Waals surface area (Å²) in [6.45, 7) is 2.64. The quantitative estimate of drug-likeness (QED) is 0.805. The molecule has 15 heavy (non-hydrogen) atoms. The van der Waals surface area contributed by atoms with E-state index in [1.807, 2.05) is 0 Å². The number of rotatable bonds is 2. The molecule has 1 fully saturated rings. The van der Waals surface area contributed by atoms with Crippen molar-refractivity contribution in [3.63, 3.8) is 0 Å². The van der Waals surface area contributed by atoms with E-state index in [9.17, 15) is 4.79 Å². The lowest BCUT2D eigenvalue weighted by atomic mass is 10.0. The Balaban J connectivity index is 2.11. The van der Waals surface area contributed by atoms with E-state index >= 15 is 0 Å². The van der Waals surface area contributed by atoms with Crippen LogP contribution in [0.25, 0.3) is 0 Å². The third-order valence-corrected chi connectivity index (χ3v) is 2.72. The minimum Gasteiger partial charge on any atom is -0.449 e. The van der Waals surface area contributed by atoms with Gasteiger partial charge in [0.2, 0.25) is 0 Å². The Morgan fingerprint density at radius 1 is 1.40 bits per heavy atom. The van der Waals surface area contributed by atoms with Gasteiger partial charge >= 0.3 is 6.09 Å². The molecule has 1 aromatic rings. The molecule has 0 aliphatic carbocycles. The smallest absolute Gasteiger partial charge is 0.407 e. The Kier molecular flexibility index (Phi) is 2.90. The van der Waals surface area contributed by atoms with Crippen molar-refractivity contribution in [2.75, 3.05) is 6.61 Å². The number of carbonyl (C=O) groups excluding carboxylic acids is 1. The van der Waals surface area contributed by atoms with Gasteiger partial charge in [0.15, 0.2) is 0 Å². The van der Waals surface area contributed by atoms with Crippen molar-refractivity contribution in [1.29, 1.82) is 0 Å². The topological polar surface area (TPSA) is 38.3 Å². The van der Waals surface area contributed by atoms with Crippen molar-refractivity contribution in [2.45, 2.75) is 25.8 Å². The van der Waals surface area contributed by atoms with Gasteiger partial charge in [-0.25, -0.2) is 4.79 Å². The van der Waals surface area contributed by atoms with Gasteiger partial charge in [0.1, 0.15) is 0 Å². The van der Waals surface area contributed by atoms with Crippen LogP contribution in [0.2, 0.25) is 0 Å². The van der Waals surface area contributed by atoms with Gasteiger partial charge in [0, 0.05) is 6.42 Å². The largest absolute Gasteiger partial charge is 0.449 e. The van der Waals surface area contributed by atoms with Crippen LogP contribution >= 0.6 is 0 Å². The molecule has 1 N–H and O–H groups in total. The lowest BCUT2D eigenvalue weighted by Crippen LogP contribution is -2.35. The van der Waals surface area contributed by atoms with Gasteiger partial charge in [0.25, 0.3) is 0 Å². The van der Waals surface area contributed by atoms with Gasteiger partial charge < -0.3 is 10.1 Å². The van der Waals surface area contributed by atoms with Crippen LogP contribution < -0.4 is 5.32 Å².